The molecule has 5 nitrogen and oxygen atoms in total. The zero-order valence-electron chi connectivity index (χ0n) is 11.6. The lowest BCUT2D eigenvalue weighted by Crippen LogP contribution is -2.43. The van der Waals surface area contributed by atoms with Gasteiger partial charge in [-0.15, -0.1) is 10.2 Å². The highest BCUT2D eigenvalue weighted by molar-refractivity contribution is 5.56. The van der Waals surface area contributed by atoms with Crippen molar-refractivity contribution in [2.75, 3.05) is 31.1 Å². The number of hydrogen-bond donors (Lipinski definition) is 1. The lowest BCUT2D eigenvalue weighted by Gasteiger charge is -2.29. The van der Waals surface area contributed by atoms with Gasteiger partial charge >= 0.3 is 0 Å². The third-order valence-corrected chi connectivity index (χ3v) is 3.54. The minimum absolute atomic E-state index is 0.597. The lowest BCUT2D eigenvalue weighted by molar-refractivity contribution is 0.589. The third kappa shape index (κ3) is 2.56. The van der Waals surface area contributed by atoms with E-state index in [0.29, 0.717) is 5.92 Å². The first-order valence-corrected chi connectivity index (χ1v) is 7.03. The fourth-order valence-corrected chi connectivity index (χ4v) is 2.55. The van der Waals surface area contributed by atoms with Crippen LogP contribution in [0.4, 0.5) is 5.69 Å². The molecule has 2 aromatic heterocycles. The Balaban J connectivity index is 1.89. The lowest BCUT2D eigenvalue weighted by atomic mass is 10.1. The molecule has 0 unspecified atom stereocenters. The minimum atomic E-state index is 0.597. The molecular formula is C14H21N5. The number of aromatic nitrogens is 3. The Labute approximate surface area is 113 Å². The van der Waals surface area contributed by atoms with Gasteiger partial charge in [0.1, 0.15) is 5.82 Å². The zero-order chi connectivity index (χ0) is 13.2. The maximum absolute atomic E-state index is 4.30. The van der Waals surface area contributed by atoms with E-state index < -0.39 is 0 Å². The van der Waals surface area contributed by atoms with E-state index in [1.807, 2.05) is 0 Å². The molecule has 3 heterocycles. The van der Waals surface area contributed by atoms with Gasteiger partial charge in [-0.3, -0.25) is 4.40 Å². The molecule has 0 bridgehead atoms. The number of anilines is 1. The Bertz CT molecular complexity index is 554. The summed E-state index contributed by atoms with van der Waals surface area (Å²) in [4.78, 5) is 2.40. The number of piperazine rings is 1. The summed E-state index contributed by atoms with van der Waals surface area (Å²) in [7, 11) is 0. The quantitative estimate of drug-likeness (QED) is 0.903. The summed E-state index contributed by atoms with van der Waals surface area (Å²) in [6.07, 6.45) is 3.07. The van der Waals surface area contributed by atoms with E-state index in [2.05, 4.69) is 57.0 Å². The molecular weight excluding hydrogens is 238 g/mol. The van der Waals surface area contributed by atoms with Crippen LogP contribution in [-0.2, 0) is 6.42 Å². The van der Waals surface area contributed by atoms with Crippen LogP contribution in [0.2, 0.25) is 0 Å². The van der Waals surface area contributed by atoms with Crippen LogP contribution in [0.5, 0.6) is 0 Å². The first-order valence-electron chi connectivity index (χ1n) is 7.03. The molecule has 0 aliphatic carbocycles. The maximum atomic E-state index is 4.30. The average Bonchev–Trinajstić information content (AvgIpc) is 2.81. The van der Waals surface area contributed by atoms with Crippen LogP contribution in [0.15, 0.2) is 18.3 Å². The molecule has 0 atom stereocenters. The van der Waals surface area contributed by atoms with E-state index in [1.165, 1.54) is 5.69 Å². The summed E-state index contributed by atoms with van der Waals surface area (Å²) in [5, 5.41) is 12.0. The zero-order valence-corrected chi connectivity index (χ0v) is 11.6. The number of hydrogen-bond acceptors (Lipinski definition) is 4. The topological polar surface area (TPSA) is 45.5 Å². The molecule has 1 aliphatic rings. The average molecular weight is 259 g/mol. The van der Waals surface area contributed by atoms with Crippen LogP contribution in [0, 0.1) is 5.92 Å². The SMILES string of the molecule is CC(C)Cc1nnc2cc(N3CCNCC3)ccn12. The molecule has 3 rings (SSSR count). The van der Waals surface area contributed by atoms with E-state index in [-0.39, 0.29) is 0 Å². The highest BCUT2D eigenvalue weighted by Gasteiger charge is 2.13. The van der Waals surface area contributed by atoms with Crippen molar-refractivity contribution in [2.24, 2.45) is 5.92 Å². The third-order valence-electron chi connectivity index (χ3n) is 3.54. The largest absolute Gasteiger partial charge is 0.369 e. The predicted octanol–water partition coefficient (Wildman–Crippen LogP) is 1.34. The predicted molar refractivity (Wildman–Crippen MR) is 76.6 cm³/mol. The van der Waals surface area contributed by atoms with Crippen LogP contribution in [-0.4, -0.2) is 40.8 Å². The van der Waals surface area contributed by atoms with Crippen molar-refractivity contribution in [3.8, 4) is 0 Å². The van der Waals surface area contributed by atoms with Gasteiger partial charge in [0.15, 0.2) is 5.65 Å². The molecule has 0 amide bonds. The molecule has 2 aromatic rings. The van der Waals surface area contributed by atoms with Gasteiger partial charge in [0.2, 0.25) is 0 Å². The molecule has 0 spiro atoms. The van der Waals surface area contributed by atoms with Crippen LogP contribution in [0.1, 0.15) is 19.7 Å². The van der Waals surface area contributed by atoms with Gasteiger partial charge in [-0.25, -0.2) is 0 Å². The number of nitrogens with zero attached hydrogens (tertiary/aromatic N) is 4. The minimum Gasteiger partial charge on any atom is -0.369 e. The molecule has 19 heavy (non-hydrogen) atoms. The van der Waals surface area contributed by atoms with Crippen molar-refractivity contribution in [3.05, 3.63) is 24.2 Å². The maximum Gasteiger partial charge on any atom is 0.162 e. The molecule has 102 valence electrons. The van der Waals surface area contributed by atoms with Gasteiger partial charge in [-0.05, 0) is 12.0 Å². The van der Waals surface area contributed by atoms with Crippen molar-refractivity contribution >= 4 is 11.3 Å². The van der Waals surface area contributed by atoms with Crippen LogP contribution in [0.3, 0.4) is 0 Å². The van der Waals surface area contributed by atoms with Gasteiger partial charge in [-0.1, -0.05) is 13.8 Å². The molecule has 1 N–H and O–H groups in total. The van der Waals surface area contributed by atoms with E-state index in [9.17, 15) is 0 Å². The second-order valence-electron chi connectivity index (χ2n) is 5.56. The van der Waals surface area contributed by atoms with E-state index >= 15 is 0 Å². The smallest absolute Gasteiger partial charge is 0.162 e. The van der Waals surface area contributed by atoms with Crippen LogP contribution in [0.25, 0.3) is 5.65 Å². The fourth-order valence-electron chi connectivity index (χ4n) is 2.55. The van der Waals surface area contributed by atoms with Crippen molar-refractivity contribution in [2.45, 2.75) is 20.3 Å². The Kier molecular flexibility index (Phi) is 3.38. The Hall–Kier alpha value is -1.62. The molecule has 0 radical (unpaired) electrons. The summed E-state index contributed by atoms with van der Waals surface area (Å²) in [6.45, 7) is 8.63. The first-order chi connectivity index (χ1) is 9.24. The number of rotatable bonds is 3. The fraction of sp³-hybridized carbons (Fsp3) is 0.571. The van der Waals surface area contributed by atoms with E-state index in [4.69, 9.17) is 0 Å². The van der Waals surface area contributed by atoms with Gasteiger partial charge in [0, 0.05) is 50.6 Å². The summed E-state index contributed by atoms with van der Waals surface area (Å²) in [5.74, 6) is 1.65. The second-order valence-corrected chi connectivity index (χ2v) is 5.56. The molecule has 1 saturated heterocycles. The van der Waals surface area contributed by atoms with Crippen LogP contribution >= 0.6 is 0 Å². The molecule has 1 aliphatic heterocycles. The van der Waals surface area contributed by atoms with Gasteiger partial charge in [0.25, 0.3) is 0 Å². The molecule has 1 fully saturated rings. The van der Waals surface area contributed by atoms with Gasteiger partial charge in [-0.2, -0.15) is 0 Å². The Morgan fingerprint density at radius 1 is 1.26 bits per heavy atom. The van der Waals surface area contributed by atoms with E-state index in [0.717, 1.165) is 44.1 Å². The van der Waals surface area contributed by atoms with Gasteiger partial charge in [0.05, 0.1) is 0 Å². The number of pyridine rings is 1. The highest BCUT2D eigenvalue weighted by atomic mass is 15.3. The molecule has 0 saturated carbocycles. The van der Waals surface area contributed by atoms with Crippen molar-refractivity contribution < 1.29 is 0 Å². The summed E-state index contributed by atoms with van der Waals surface area (Å²) in [5.41, 5.74) is 2.20. The summed E-state index contributed by atoms with van der Waals surface area (Å²) >= 11 is 0. The number of fused-ring (bicyclic) bond motifs is 1. The van der Waals surface area contributed by atoms with Crippen LogP contribution < -0.4 is 10.2 Å². The van der Waals surface area contributed by atoms with Crippen molar-refractivity contribution in [1.82, 2.24) is 19.9 Å². The first kappa shape index (κ1) is 12.4. The Morgan fingerprint density at radius 3 is 2.79 bits per heavy atom. The normalized spacial score (nSPS) is 16.5. The molecule has 0 aromatic carbocycles. The Morgan fingerprint density at radius 2 is 2.05 bits per heavy atom. The monoisotopic (exact) mass is 259 g/mol. The van der Waals surface area contributed by atoms with Gasteiger partial charge < -0.3 is 10.2 Å². The summed E-state index contributed by atoms with van der Waals surface area (Å²) < 4.78 is 2.10. The van der Waals surface area contributed by atoms with Crippen molar-refractivity contribution in [1.29, 1.82) is 0 Å². The second kappa shape index (κ2) is 5.17. The van der Waals surface area contributed by atoms with Crippen molar-refractivity contribution in [3.63, 3.8) is 0 Å². The molecule has 5 heteroatoms. The highest BCUT2D eigenvalue weighted by Crippen LogP contribution is 2.18. The summed E-state index contributed by atoms with van der Waals surface area (Å²) in [6, 6.07) is 4.31. The van der Waals surface area contributed by atoms with E-state index in [1.54, 1.807) is 0 Å². The number of nitrogens with one attached hydrogen (secondary N) is 1. The standard InChI is InChI=1S/C14H21N5/c1-11(2)9-13-16-17-14-10-12(3-6-19(13)14)18-7-4-15-5-8-18/h3,6,10-11,15H,4-5,7-9H2,1-2H3.